The van der Waals surface area contributed by atoms with Crippen molar-refractivity contribution < 1.29 is 23.8 Å². The molecule has 184 valence electrons. The van der Waals surface area contributed by atoms with Crippen molar-refractivity contribution in [1.82, 2.24) is 19.9 Å². The van der Waals surface area contributed by atoms with Gasteiger partial charge in [-0.05, 0) is 34.6 Å². The molecule has 35 heavy (non-hydrogen) atoms. The van der Waals surface area contributed by atoms with Gasteiger partial charge in [-0.3, -0.25) is 9.59 Å². The van der Waals surface area contributed by atoms with Gasteiger partial charge in [-0.2, -0.15) is 14.6 Å². The molecule has 0 amide bonds. The molecule has 4 rings (SSSR count). The molecule has 10 nitrogen and oxygen atoms in total. The second kappa shape index (κ2) is 9.49. The maximum absolute atomic E-state index is 13.6. The Morgan fingerprint density at radius 2 is 1.83 bits per heavy atom. The van der Waals surface area contributed by atoms with Crippen LogP contribution in [0.2, 0.25) is 0 Å². The molecule has 11 heteroatoms. The highest BCUT2D eigenvalue weighted by Gasteiger charge is 2.45. The minimum absolute atomic E-state index is 0.00875. The molecule has 0 saturated heterocycles. The van der Waals surface area contributed by atoms with Crippen LogP contribution in [0, 0.1) is 0 Å². The van der Waals surface area contributed by atoms with Crippen LogP contribution in [0.4, 0.5) is 0 Å². The van der Waals surface area contributed by atoms with Gasteiger partial charge in [-0.1, -0.05) is 41.7 Å². The van der Waals surface area contributed by atoms with Gasteiger partial charge in [0, 0.05) is 11.1 Å². The van der Waals surface area contributed by atoms with Crippen LogP contribution in [0.5, 0.6) is 5.88 Å². The van der Waals surface area contributed by atoms with Crippen molar-refractivity contribution in [2.75, 3.05) is 13.2 Å². The number of esters is 2. The van der Waals surface area contributed by atoms with E-state index < -0.39 is 29.0 Å². The molecule has 1 aliphatic heterocycles. The fourth-order valence-electron chi connectivity index (χ4n) is 3.60. The number of nitrogens with one attached hydrogen (secondary N) is 1. The van der Waals surface area contributed by atoms with Gasteiger partial charge in [0.1, 0.15) is 22.1 Å². The van der Waals surface area contributed by atoms with Crippen LogP contribution >= 0.6 is 11.3 Å². The molecule has 0 aliphatic carbocycles. The Morgan fingerprint density at radius 3 is 2.46 bits per heavy atom. The van der Waals surface area contributed by atoms with E-state index in [1.165, 1.54) is 11.3 Å². The van der Waals surface area contributed by atoms with Gasteiger partial charge >= 0.3 is 11.9 Å². The maximum Gasteiger partial charge on any atom is 0.340 e. The monoisotopic (exact) mass is 498 g/mol. The Bertz CT molecular complexity index is 1370. The fraction of sp³-hybridized carbons (Fsp3) is 0.375. The highest BCUT2D eigenvalue weighted by molar-refractivity contribution is 7.19. The number of carbonyl (C=O) groups excluding carboxylic acids is 2. The summed E-state index contributed by atoms with van der Waals surface area (Å²) in [5.74, 6) is -3.08. The van der Waals surface area contributed by atoms with Gasteiger partial charge in [0.2, 0.25) is 16.7 Å². The molecule has 3 aromatic rings. The topological polar surface area (TPSA) is 121 Å². The summed E-state index contributed by atoms with van der Waals surface area (Å²) in [6.45, 7) is 8.99. The van der Waals surface area contributed by atoms with Crippen molar-refractivity contribution in [3.63, 3.8) is 0 Å². The molecule has 0 bridgehead atoms. The highest BCUT2D eigenvalue weighted by Crippen LogP contribution is 2.38. The van der Waals surface area contributed by atoms with E-state index in [1.807, 2.05) is 51.1 Å². The number of rotatable bonds is 6. The summed E-state index contributed by atoms with van der Waals surface area (Å²) in [5, 5.41) is 8.09. The van der Waals surface area contributed by atoms with Gasteiger partial charge in [-0.15, -0.1) is 0 Å². The van der Waals surface area contributed by atoms with Gasteiger partial charge in [0.15, 0.2) is 0 Å². The standard InChI is InChI=1S/C24H26N4O6S/c1-6-32-21(30)14-15-17(34-18(26-24(3,4)5)16(14)22(31)33-7-2)25-23-28(20(15)29)27-19(35-23)13-11-9-8-10-12-13/h8-12,14,26H,6-7H2,1-5H3. The van der Waals surface area contributed by atoms with E-state index in [4.69, 9.17) is 14.2 Å². The molecule has 0 spiro atoms. The Balaban J connectivity index is 1.96. The highest BCUT2D eigenvalue weighted by atomic mass is 32.1. The molecule has 0 saturated carbocycles. The third-order valence-electron chi connectivity index (χ3n) is 4.96. The third kappa shape index (κ3) is 4.76. The first-order chi connectivity index (χ1) is 16.6. The number of fused-ring (bicyclic) bond motifs is 2. The van der Waals surface area contributed by atoms with Gasteiger partial charge in [0.05, 0.1) is 13.2 Å². The molecule has 0 fully saturated rings. The quantitative estimate of drug-likeness (QED) is 0.511. The second-order valence-corrected chi connectivity index (χ2v) is 9.68. The summed E-state index contributed by atoms with van der Waals surface area (Å²) in [6, 6.07) is 9.34. The number of benzene rings is 1. The number of hydrogen-bond donors (Lipinski definition) is 1. The fourth-order valence-corrected chi connectivity index (χ4v) is 4.49. The van der Waals surface area contributed by atoms with Crippen LogP contribution in [0.1, 0.15) is 46.1 Å². The maximum atomic E-state index is 13.6. The summed E-state index contributed by atoms with van der Waals surface area (Å²) in [7, 11) is 0. The number of ether oxygens (including phenoxy) is 3. The van der Waals surface area contributed by atoms with Crippen molar-refractivity contribution in [2.45, 2.75) is 46.1 Å². The largest absolute Gasteiger partial charge is 0.465 e. The van der Waals surface area contributed by atoms with Gasteiger partial charge < -0.3 is 19.5 Å². The molecule has 1 unspecified atom stereocenters. The normalized spacial score (nSPS) is 15.4. The first-order valence-corrected chi connectivity index (χ1v) is 12.0. The van der Waals surface area contributed by atoms with E-state index in [9.17, 15) is 14.4 Å². The van der Waals surface area contributed by atoms with E-state index >= 15 is 0 Å². The van der Waals surface area contributed by atoms with Crippen molar-refractivity contribution >= 4 is 28.2 Å². The molecule has 1 N–H and O–H groups in total. The number of hydrogen-bond acceptors (Lipinski definition) is 10. The van der Waals surface area contributed by atoms with Crippen LogP contribution in [-0.4, -0.2) is 45.3 Å². The lowest BCUT2D eigenvalue weighted by Crippen LogP contribution is -2.43. The first kappa shape index (κ1) is 24.4. The van der Waals surface area contributed by atoms with Crippen LogP contribution in [0.25, 0.3) is 15.5 Å². The molecular weight excluding hydrogens is 472 g/mol. The molecule has 2 aromatic heterocycles. The average molecular weight is 499 g/mol. The molecule has 1 aromatic carbocycles. The van der Waals surface area contributed by atoms with Crippen molar-refractivity contribution in [3.05, 3.63) is 57.7 Å². The van der Waals surface area contributed by atoms with E-state index in [0.717, 1.165) is 10.1 Å². The lowest BCUT2D eigenvalue weighted by molar-refractivity contribution is -0.148. The second-order valence-electron chi connectivity index (χ2n) is 8.73. The molecule has 1 aliphatic rings. The molecular formula is C24H26N4O6S. The zero-order valence-corrected chi connectivity index (χ0v) is 20.9. The lowest BCUT2D eigenvalue weighted by Gasteiger charge is -2.31. The van der Waals surface area contributed by atoms with Gasteiger partial charge in [0.25, 0.3) is 5.56 Å². The minimum atomic E-state index is -1.40. The summed E-state index contributed by atoms with van der Waals surface area (Å²) in [6.07, 6.45) is 0. The van der Waals surface area contributed by atoms with E-state index in [-0.39, 0.29) is 41.1 Å². The summed E-state index contributed by atoms with van der Waals surface area (Å²) in [5.41, 5.74) is -0.645. The predicted octanol–water partition coefficient (Wildman–Crippen LogP) is 3.02. The van der Waals surface area contributed by atoms with Gasteiger partial charge in [-0.25, -0.2) is 4.79 Å². The van der Waals surface area contributed by atoms with Crippen LogP contribution in [0.15, 0.2) is 46.6 Å². The number of nitrogens with zero attached hydrogens (tertiary/aromatic N) is 3. The summed E-state index contributed by atoms with van der Waals surface area (Å²) in [4.78, 5) is 44.6. The smallest absolute Gasteiger partial charge is 0.340 e. The predicted molar refractivity (Wildman–Crippen MR) is 129 cm³/mol. The first-order valence-electron chi connectivity index (χ1n) is 11.2. The third-order valence-corrected chi connectivity index (χ3v) is 5.92. The minimum Gasteiger partial charge on any atom is -0.465 e. The van der Waals surface area contributed by atoms with E-state index in [1.54, 1.807) is 13.8 Å². The number of aromatic nitrogens is 3. The van der Waals surface area contributed by atoms with Crippen molar-refractivity contribution in [2.24, 2.45) is 0 Å². The van der Waals surface area contributed by atoms with Crippen LogP contribution in [0.3, 0.4) is 0 Å². The van der Waals surface area contributed by atoms with Crippen molar-refractivity contribution in [1.29, 1.82) is 0 Å². The van der Waals surface area contributed by atoms with E-state index in [0.29, 0.717) is 5.01 Å². The Morgan fingerprint density at radius 1 is 1.14 bits per heavy atom. The Kier molecular flexibility index (Phi) is 6.62. The van der Waals surface area contributed by atoms with E-state index in [2.05, 4.69) is 15.4 Å². The van der Waals surface area contributed by atoms with Crippen LogP contribution < -0.4 is 15.6 Å². The Hall–Kier alpha value is -3.73. The summed E-state index contributed by atoms with van der Waals surface area (Å²) >= 11 is 1.20. The van der Waals surface area contributed by atoms with Crippen LogP contribution in [-0.2, 0) is 19.1 Å². The number of carbonyl (C=O) groups is 2. The zero-order valence-electron chi connectivity index (χ0n) is 20.1. The molecule has 1 atom stereocenters. The SMILES string of the molecule is CCOC(=O)C1=C(NC(C)(C)C)Oc2nc3sc(-c4ccccc4)nn3c(=O)c2C1C(=O)OCC. The molecule has 3 heterocycles. The molecule has 0 radical (unpaired) electrons. The summed E-state index contributed by atoms with van der Waals surface area (Å²) < 4.78 is 17.6. The average Bonchev–Trinajstić information content (AvgIpc) is 3.22. The zero-order chi connectivity index (χ0) is 25.3. The lowest BCUT2D eigenvalue weighted by atomic mass is 9.90. The Labute approximate surface area is 205 Å². The van der Waals surface area contributed by atoms with Crippen molar-refractivity contribution in [3.8, 4) is 16.5 Å².